The number of fused-ring (bicyclic) bond motifs is 1. The summed E-state index contributed by atoms with van der Waals surface area (Å²) in [4.78, 5) is 24.8. The van der Waals surface area contributed by atoms with Crippen LogP contribution < -0.4 is 10.2 Å². The van der Waals surface area contributed by atoms with Crippen molar-refractivity contribution in [2.75, 3.05) is 19.1 Å². The number of hydrogen-bond acceptors (Lipinski definition) is 4. The minimum Gasteiger partial charge on any atom is -0.453 e. The minimum atomic E-state index is -0.751. The van der Waals surface area contributed by atoms with Crippen LogP contribution in [0.3, 0.4) is 0 Å². The molecule has 0 aromatic heterocycles. The average molecular weight is 286 g/mol. The molecule has 2 aromatic carbocycles. The number of carbonyl (C=O) groups excluding carboxylic acids is 2. The van der Waals surface area contributed by atoms with Crippen molar-refractivity contribution >= 4 is 28.5 Å². The summed E-state index contributed by atoms with van der Waals surface area (Å²) >= 11 is 0. The molecule has 110 valence electrons. The van der Waals surface area contributed by atoms with Gasteiger partial charge >= 0.3 is 6.09 Å². The molecule has 21 heavy (non-hydrogen) atoms. The molecule has 2 aromatic rings. The summed E-state index contributed by atoms with van der Waals surface area (Å²) in [5.41, 5.74) is 0.904. The first-order valence-corrected chi connectivity index (χ1v) is 6.63. The molecule has 0 aliphatic rings. The van der Waals surface area contributed by atoms with E-state index in [2.05, 4.69) is 10.1 Å². The molecule has 0 unspecified atom stereocenters. The zero-order chi connectivity index (χ0) is 15.4. The van der Waals surface area contributed by atoms with Crippen molar-refractivity contribution in [3.05, 3.63) is 42.5 Å². The predicted octanol–water partition coefficient (Wildman–Crippen LogP) is 2.55. The summed E-state index contributed by atoms with van der Waals surface area (Å²) in [7, 11) is 3.03. The van der Waals surface area contributed by atoms with E-state index < -0.39 is 18.0 Å². The second-order valence-corrected chi connectivity index (χ2v) is 4.80. The highest BCUT2D eigenvalue weighted by Gasteiger charge is 2.20. The molecule has 0 bridgehead atoms. The number of imide groups is 1. The van der Waals surface area contributed by atoms with Crippen molar-refractivity contribution in [2.45, 2.75) is 13.0 Å². The number of likely N-dealkylation sites (N-methyl/N-ethyl adjacent to an activating group) is 1. The normalized spacial score (nSPS) is 11.8. The van der Waals surface area contributed by atoms with E-state index in [1.54, 1.807) is 6.92 Å². The molecule has 0 aliphatic carbocycles. The summed E-state index contributed by atoms with van der Waals surface area (Å²) in [6.07, 6.45) is -0.751. The molecular formula is C16H18N2O3. The smallest absolute Gasteiger partial charge is 0.413 e. The number of benzene rings is 2. The number of hydrogen-bond donors (Lipinski definition) is 1. The Morgan fingerprint density at radius 1 is 1.14 bits per heavy atom. The number of ether oxygens (including phenoxy) is 1. The number of alkyl carbamates (subject to hydrolysis) is 1. The lowest BCUT2D eigenvalue weighted by atomic mass is 10.1. The fourth-order valence-corrected chi connectivity index (χ4v) is 2.05. The monoisotopic (exact) mass is 286 g/mol. The number of carbonyl (C=O) groups is 2. The maximum absolute atomic E-state index is 11.9. The van der Waals surface area contributed by atoms with Crippen LogP contribution in [-0.4, -0.2) is 32.2 Å². The van der Waals surface area contributed by atoms with E-state index in [9.17, 15) is 9.59 Å². The van der Waals surface area contributed by atoms with E-state index >= 15 is 0 Å². The zero-order valence-corrected chi connectivity index (χ0v) is 12.3. The molecule has 1 N–H and O–H groups in total. The minimum absolute atomic E-state index is 0.405. The lowest BCUT2D eigenvalue weighted by Crippen LogP contribution is -2.45. The first kappa shape index (κ1) is 14.8. The lowest BCUT2D eigenvalue weighted by Gasteiger charge is -2.26. The van der Waals surface area contributed by atoms with Gasteiger partial charge in [-0.15, -0.1) is 0 Å². The Bertz CT molecular complexity index is 669. The molecule has 0 saturated carbocycles. The summed E-state index contributed by atoms with van der Waals surface area (Å²) < 4.78 is 4.42. The van der Waals surface area contributed by atoms with Gasteiger partial charge in [-0.05, 0) is 29.8 Å². The number of anilines is 1. The topological polar surface area (TPSA) is 58.6 Å². The van der Waals surface area contributed by atoms with Gasteiger partial charge in [-0.2, -0.15) is 0 Å². The second kappa shape index (κ2) is 6.26. The number of nitrogens with zero attached hydrogens (tertiary/aromatic N) is 1. The summed E-state index contributed by atoms with van der Waals surface area (Å²) in [6.45, 7) is 1.73. The van der Waals surface area contributed by atoms with E-state index in [0.29, 0.717) is 0 Å². The first-order valence-electron chi connectivity index (χ1n) is 6.63. The van der Waals surface area contributed by atoms with Crippen LogP contribution >= 0.6 is 0 Å². The number of rotatable bonds is 3. The van der Waals surface area contributed by atoms with Gasteiger partial charge in [-0.1, -0.05) is 30.3 Å². The van der Waals surface area contributed by atoms with Crippen molar-refractivity contribution in [3.63, 3.8) is 0 Å². The van der Waals surface area contributed by atoms with Crippen molar-refractivity contribution < 1.29 is 14.3 Å². The van der Waals surface area contributed by atoms with Gasteiger partial charge in [0.25, 0.3) is 5.91 Å². The predicted molar refractivity (Wildman–Crippen MR) is 82.4 cm³/mol. The van der Waals surface area contributed by atoms with Gasteiger partial charge in [0, 0.05) is 12.7 Å². The van der Waals surface area contributed by atoms with Crippen LogP contribution in [0.1, 0.15) is 6.92 Å². The zero-order valence-electron chi connectivity index (χ0n) is 12.3. The SMILES string of the molecule is COC(=O)NC(=O)[C@@H](C)N(C)c1ccc2ccccc2c1. The molecule has 5 heteroatoms. The maximum Gasteiger partial charge on any atom is 0.413 e. The van der Waals surface area contributed by atoms with Crippen LogP contribution in [0.5, 0.6) is 0 Å². The third-order valence-electron chi connectivity index (χ3n) is 3.51. The molecule has 0 fully saturated rings. The van der Waals surface area contributed by atoms with Crippen LogP contribution in [0.15, 0.2) is 42.5 Å². The molecule has 0 radical (unpaired) electrons. The number of amides is 2. The van der Waals surface area contributed by atoms with Gasteiger partial charge in [-0.25, -0.2) is 4.79 Å². The van der Waals surface area contributed by atoms with Crippen LogP contribution in [0.4, 0.5) is 10.5 Å². The second-order valence-electron chi connectivity index (χ2n) is 4.80. The van der Waals surface area contributed by atoms with E-state index in [4.69, 9.17) is 0 Å². The van der Waals surface area contributed by atoms with Crippen LogP contribution in [-0.2, 0) is 9.53 Å². The molecule has 1 atom stereocenters. The van der Waals surface area contributed by atoms with E-state index in [1.807, 2.05) is 54.4 Å². The first-order chi connectivity index (χ1) is 10.0. The van der Waals surface area contributed by atoms with Gasteiger partial charge < -0.3 is 9.64 Å². The molecule has 5 nitrogen and oxygen atoms in total. The standard InChI is InChI=1S/C16H18N2O3/c1-11(15(19)17-16(20)21-3)18(2)14-9-8-12-6-4-5-7-13(12)10-14/h4-11H,1-3H3,(H,17,19,20)/t11-/m1/s1. The largest absolute Gasteiger partial charge is 0.453 e. The fraction of sp³-hybridized carbons (Fsp3) is 0.250. The third-order valence-corrected chi connectivity index (χ3v) is 3.51. The fourth-order valence-electron chi connectivity index (χ4n) is 2.05. The highest BCUT2D eigenvalue weighted by molar-refractivity contribution is 5.96. The number of methoxy groups -OCH3 is 1. The van der Waals surface area contributed by atoms with Crippen molar-refractivity contribution in [2.24, 2.45) is 0 Å². The van der Waals surface area contributed by atoms with E-state index in [-0.39, 0.29) is 0 Å². The lowest BCUT2D eigenvalue weighted by molar-refractivity contribution is -0.121. The van der Waals surface area contributed by atoms with Gasteiger partial charge in [0.15, 0.2) is 0 Å². The average Bonchev–Trinajstić information content (AvgIpc) is 2.52. The third kappa shape index (κ3) is 3.31. The molecule has 0 saturated heterocycles. The highest BCUT2D eigenvalue weighted by Crippen LogP contribution is 2.22. The number of nitrogens with one attached hydrogen (secondary N) is 1. The molecule has 0 spiro atoms. The Balaban J connectivity index is 2.18. The highest BCUT2D eigenvalue weighted by atomic mass is 16.5. The van der Waals surface area contributed by atoms with Crippen molar-refractivity contribution in [1.29, 1.82) is 0 Å². The summed E-state index contributed by atoms with van der Waals surface area (Å²) in [5, 5.41) is 4.42. The maximum atomic E-state index is 11.9. The van der Waals surface area contributed by atoms with Crippen LogP contribution in [0.2, 0.25) is 0 Å². The van der Waals surface area contributed by atoms with Gasteiger partial charge in [0.1, 0.15) is 6.04 Å². The Morgan fingerprint density at radius 2 is 1.81 bits per heavy atom. The van der Waals surface area contributed by atoms with Gasteiger partial charge in [-0.3, -0.25) is 10.1 Å². The Morgan fingerprint density at radius 3 is 2.48 bits per heavy atom. The molecule has 2 amide bonds. The molecule has 0 aliphatic heterocycles. The van der Waals surface area contributed by atoms with Crippen LogP contribution in [0, 0.1) is 0 Å². The van der Waals surface area contributed by atoms with E-state index in [0.717, 1.165) is 16.5 Å². The quantitative estimate of drug-likeness (QED) is 0.942. The van der Waals surface area contributed by atoms with Gasteiger partial charge in [0.2, 0.25) is 0 Å². The van der Waals surface area contributed by atoms with Gasteiger partial charge in [0.05, 0.1) is 7.11 Å². The van der Waals surface area contributed by atoms with E-state index in [1.165, 1.54) is 7.11 Å². The molecule has 2 rings (SSSR count). The summed E-state index contributed by atoms with van der Waals surface area (Å²) in [5.74, 6) is -0.405. The van der Waals surface area contributed by atoms with Crippen LogP contribution in [0.25, 0.3) is 10.8 Å². The Kier molecular flexibility index (Phi) is 4.42. The Labute approximate surface area is 123 Å². The Hall–Kier alpha value is -2.56. The van der Waals surface area contributed by atoms with Crippen molar-refractivity contribution in [3.8, 4) is 0 Å². The molecule has 0 heterocycles. The molecular weight excluding hydrogens is 268 g/mol. The summed E-state index contributed by atoms with van der Waals surface area (Å²) in [6, 6.07) is 13.5. The van der Waals surface area contributed by atoms with Crippen molar-refractivity contribution in [1.82, 2.24) is 5.32 Å².